The van der Waals surface area contributed by atoms with Gasteiger partial charge in [0.25, 0.3) is 0 Å². The van der Waals surface area contributed by atoms with Gasteiger partial charge in [-0.3, -0.25) is 28.8 Å². The molecule has 0 aliphatic carbocycles. The topological polar surface area (TPSA) is 284 Å². The normalized spacial score (nSPS) is 10.8. The third kappa shape index (κ3) is 164. The molecule has 9 N–H and O–H groups in total. The molecule has 126 heavy (non-hydrogen) atoms. The van der Waals surface area contributed by atoms with E-state index in [1.54, 1.807) is 0 Å². The van der Waals surface area contributed by atoms with E-state index < -0.39 is 41.9 Å². The van der Waals surface area contributed by atoms with E-state index in [0.717, 1.165) is 77.0 Å². The van der Waals surface area contributed by atoms with Crippen LogP contribution in [0.5, 0.6) is 0 Å². The number of aliphatic hydroxyl groups is 3. The molecule has 0 spiro atoms. The maximum Gasteiger partial charge on any atom is 0.303 e. The van der Waals surface area contributed by atoms with E-state index in [4.69, 9.17) is 46.0 Å². The second kappa shape index (κ2) is 132. The summed E-state index contributed by atoms with van der Waals surface area (Å²) in [5, 5.41) is 75.1. The molecule has 0 unspecified atom stereocenters. The zero-order valence-electron chi connectivity index (χ0n) is 85.3. The minimum absolute atomic E-state index is 0.345. The molecule has 0 aromatic carbocycles. The number of carboxylic acid groups (broad SMARTS) is 6. The Hall–Kier alpha value is -3.30. The van der Waals surface area contributed by atoms with Crippen LogP contribution < -0.4 is 0 Å². The van der Waals surface area contributed by atoms with Gasteiger partial charge in [-0.25, -0.2) is 0 Å². The fourth-order valence-electron chi connectivity index (χ4n) is 15.9. The number of rotatable bonds is 98. The highest BCUT2D eigenvalue weighted by atomic mass is 16.4. The minimum atomic E-state index is -0.954. The smallest absolute Gasteiger partial charge is 0.303 e. The van der Waals surface area contributed by atoms with Crippen LogP contribution in [-0.2, 0) is 28.8 Å². The van der Waals surface area contributed by atoms with E-state index in [2.05, 4.69) is 41.5 Å². The van der Waals surface area contributed by atoms with Crippen LogP contribution >= 0.6 is 0 Å². The second-order valence-corrected chi connectivity index (χ2v) is 37.6. The number of carbonyl (C=O) groups is 6. The summed E-state index contributed by atoms with van der Waals surface area (Å²) in [4.78, 5) is 62.0. The van der Waals surface area contributed by atoms with Crippen molar-refractivity contribution in [1.82, 2.24) is 0 Å². The molecule has 0 atom stereocenters. The Morgan fingerprint density at radius 2 is 0.198 bits per heavy atom. The number of aliphatic hydroxyl groups excluding tert-OH is 3. The number of aliphatic carboxylic acids is 6. The summed E-state index contributed by atoms with van der Waals surface area (Å²) >= 11 is 0. The molecule has 0 bridgehead atoms. The highest BCUT2D eigenvalue weighted by Gasteiger charge is 2.06. The van der Waals surface area contributed by atoms with E-state index in [0.29, 0.717) is 38.5 Å². The van der Waals surface area contributed by atoms with Gasteiger partial charge in [-0.1, -0.05) is 581 Å². The average molecular weight is 1800 g/mol. The van der Waals surface area contributed by atoms with Gasteiger partial charge in [-0.2, -0.15) is 0 Å². The summed E-state index contributed by atoms with van der Waals surface area (Å²) in [6.07, 6.45) is 120. The van der Waals surface area contributed by atoms with E-state index in [-0.39, 0.29) is 13.2 Å². The number of hydrogen-bond acceptors (Lipinski definition) is 9. The summed E-state index contributed by atoms with van der Waals surface area (Å²) in [7, 11) is 0. The van der Waals surface area contributed by atoms with Crippen LogP contribution in [0.1, 0.15) is 658 Å². The van der Waals surface area contributed by atoms with E-state index in [1.807, 2.05) is 0 Å². The summed E-state index contributed by atoms with van der Waals surface area (Å²) in [6.45, 7) is 12.9. The maximum absolute atomic E-state index is 10.3. The molecule has 0 aliphatic heterocycles. The van der Waals surface area contributed by atoms with Crippen molar-refractivity contribution >= 4 is 35.8 Å². The molecule has 0 aromatic rings. The van der Waals surface area contributed by atoms with Gasteiger partial charge in [-0.15, -0.1) is 0 Å². The first-order chi connectivity index (χ1) is 61.4. The van der Waals surface area contributed by atoms with Crippen molar-refractivity contribution in [2.24, 2.45) is 0 Å². The Kier molecular flexibility index (Phi) is 143. The van der Waals surface area contributed by atoms with Gasteiger partial charge in [0.15, 0.2) is 0 Å². The summed E-state index contributed by atoms with van der Waals surface area (Å²) in [5.41, 5.74) is 0. The van der Waals surface area contributed by atoms with E-state index >= 15 is 0 Å². The van der Waals surface area contributed by atoms with E-state index in [9.17, 15) is 28.8 Å². The Morgan fingerprint density at radius 1 is 0.135 bits per heavy atom. The Labute approximate surface area is 783 Å². The lowest BCUT2D eigenvalue weighted by molar-refractivity contribution is -0.138. The first-order valence-electron chi connectivity index (χ1n) is 55.6. The SMILES string of the molecule is CCCCCCCCCCCCCCCCCC(=O)O.CCCCCCCCCCCCCCCCCC(=O)O.CCCCCCCCCCCCCCCCCC(=O)O.CCCCCCCCCCCCCCCCCC(=O)O.CCCCCCCCCCCCCCCCCC(=O)O.CCCCCCCCCCCCCCCCCC(=O)O.OCC(O)CO. The van der Waals surface area contributed by atoms with Crippen molar-refractivity contribution in [2.75, 3.05) is 13.2 Å². The van der Waals surface area contributed by atoms with Crippen LogP contribution in [-0.4, -0.2) is 101 Å². The second-order valence-electron chi connectivity index (χ2n) is 37.6. The molecule has 0 saturated heterocycles. The van der Waals surface area contributed by atoms with Crippen molar-refractivity contribution in [1.29, 1.82) is 0 Å². The lowest BCUT2D eigenvalue weighted by Gasteiger charge is -2.03. The standard InChI is InChI=1S/6C18H36O2.C3H8O3/c6*1-2-3-4-5-6-7-8-9-10-11-12-13-14-15-16-17-18(19)20;4-1-3(6)2-5/h6*2-17H2,1H3,(H,19,20);3-6H,1-2H2. The third-order valence-corrected chi connectivity index (χ3v) is 24.4. The molecular weight excluding hydrogens is 1570 g/mol. The van der Waals surface area contributed by atoms with Gasteiger partial charge >= 0.3 is 35.8 Å². The van der Waals surface area contributed by atoms with Crippen LogP contribution in [0.3, 0.4) is 0 Å². The fourth-order valence-corrected chi connectivity index (χ4v) is 15.9. The van der Waals surface area contributed by atoms with Gasteiger partial charge in [0.05, 0.1) is 13.2 Å². The molecule has 0 heterocycles. The molecule has 15 nitrogen and oxygen atoms in total. The Balaban J connectivity index is -0.000000266. The molecule has 15 heteroatoms. The van der Waals surface area contributed by atoms with E-state index in [1.165, 1.54) is 501 Å². The predicted octanol–water partition coefficient (Wildman–Crippen LogP) is 36.3. The summed E-state index contributed by atoms with van der Waals surface area (Å²) in [6, 6.07) is 0. The Morgan fingerprint density at radius 3 is 0.246 bits per heavy atom. The first-order valence-corrected chi connectivity index (χ1v) is 55.6. The molecule has 0 amide bonds. The lowest BCUT2D eigenvalue weighted by atomic mass is 10.0. The van der Waals surface area contributed by atoms with Crippen LogP contribution in [0.2, 0.25) is 0 Å². The van der Waals surface area contributed by atoms with Crippen LogP contribution in [0, 0.1) is 0 Å². The zero-order chi connectivity index (χ0) is 94.3. The molecule has 758 valence electrons. The van der Waals surface area contributed by atoms with Gasteiger partial charge in [0.2, 0.25) is 0 Å². The monoisotopic (exact) mass is 1800 g/mol. The summed E-state index contributed by atoms with van der Waals surface area (Å²) in [5.74, 6) is -3.92. The van der Waals surface area contributed by atoms with Crippen LogP contribution in [0.15, 0.2) is 0 Å². The number of hydrogen-bond donors (Lipinski definition) is 9. The van der Waals surface area contributed by atoms with Crippen LogP contribution in [0.4, 0.5) is 0 Å². The highest BCUT2D eigenvalue weighted by Crippen LogP contribution is 2.22. The van der Waals surface area contributed by atoms with Gasteiger partial charge in [-0.05, 0) is 38.5 Å². The first kappa shape index (κ1) is 136. The van der Waals surface area contributed by atoms with Crippen molar-refractivity contribution < 1.29 is 74.7 Å². The molecule has 0 fully saturated rings. The zero-order valence-corrected chi connectivity index (χ0v) is 85.3. The molecule has 0 radical (unpaired) electrons. The molecule has 0 saturated carbocycles. The predicted molar refractivity (Wildman–Crippen MR) is 543 cm³/mol. The summed E-state index contributed by atoms with van der Waals surface area (Å²) < 4.78 is 0. The van der Waals surface area contributed by atoms with Crippen molar-refractivity contribution in [3.63, 3.8) is 0 Å². The van der Waals surface area contributed by atoms with Crippen LogP contribution in [0.25, 0.3) is 0 Å². The lowest BCUT2D eigenvalue weighted by Crippen LogP contribution is -2.15. The molecule has 0 aliphatic rings. The highest BCUT2D eigenvalue weighted by molar-refractivity contribution is 5.68. The molecular formula is C111H224O15. The number of unbranched alkanes of at least 4 members (excludes halogenated alkanes) is 84. The van der Waals surface area contributed by atoms with Crippen molar-refractivity contribution in [2.45, 2.75) is 664 Å². The molecule has 0 aromatic heterocycles. The third-order valence-electron chi connectivity index (χ3n) is 24.4. The van der Waals surface area contributed by atoms with Gasteiger partial charge in [0, 0.05) is 38.5 Å². The molecule has 0 rings (SSSR count). The van der Waals surface area contributed by atoms with Crippen molar-refractivity contribution in [3.05, 3.63) is 0 Å². The number of carboxylic acids is 6. The van der Waals surface area contributed by atoms with Crippen molar-refractivity contribution in [3.8, 4) is 0 Å². The van der Waals surface area contributed by atoms with Gasteiger partial charge < -0.3 is 46.0 Å². The maximum atomic E-state index is 10.3. The van der Waals surface area contributed by atoms with Gasteiger partial charge in [0.1, 0.15) is 6.10 Å². The fraction of sp³-hybridized carbons (Fsp3) is 0.946. The quantitative estimate of drug-likeness (QED) is 0.0256. The minimum Gasteiger partial charge on any atom is -0.481 e. The largest absolute Gasteiger partial charge is 0.481 e. The Bertz CT molecular complexity index is 1640. The average Bonchev–Trinajstić information content (AvgIpc) is 1.12.